The molecule has 2 rings (SSSR count). The normalized spacial score (nSPS) is 12.2. The lowest BCUT2D eigenvalue weighted by atomic mass is 10.0. The molecule has 21 heavy (non-hydrogen) atoms. The second-order valence-electron chi connectivity index (χ2n) is 4.91. The number of methoxy groups -OCH3 is 1. The highest BCUT2D eigenvalue weighted by atomic mass is 16.5. The van der Waals surface area contributed by atoms with Crippen molar-refractivity contribution in [1.29, 1.82) is 0 Å². The van der Waals surface area contributed by atoms with Crippen LogP contribution >= 0.6 is 0 Å². The third-order valence-electron chi connectivity index (χ3n) is 3.01. The molecule has 5 nitrogen and oxygen atoms in total. The lowest BCUT2D eigenvalue weighted by Crippen LogP contribution is -2.20. The monoisotopic (exact) mass is 287 g/mol. The minimum absolute atomic E-state index is 0.107. The van der Waals surface area contributed by atoms with E-state index in [1.165, 1.54) is 0 Å². The zero-order valence-electron chi connectivity index (χ0n) is 12.8. The van der Waals surface area contributed by atoms with E-state index in [0.717, 1.165) is 17.0 Å². The molecule has 5 heteroatoms. The molecule has 2 aromatic rings. The molecule has 1 atom stereocenters. The largest absolute Gasteiger partial charge is 0.491 e. The predicted molar refractivity (Wildman–Crippen MR) is 81.7 cm³/mol. The van der Waals surface area contributed by atoms with Crippen LogP contribution in [0.2, 0.25) is 0 Å². The van der Waals surface area contributed by atoms with Crippen molar-refractivity contribution in [2.45, 2.75) is 26.0 Å². The lowest BCUT2D eigenvalue weighted by molar-refractivity contribution is 0.242. The van der Waals surface area contributed by atoms with Crippen LogP contribution in [0, 0.1) is 0 Å². The van der Waals surface area contributed by atoms with Gasteiger partial charge in [0.25, 0.3) is 0 Å². The number of hydrogen-bond donors (Lipinski definition) is 1. The van der Waals surface area contributed by atoms with Crippen molar-refractivity contribution in [3.8, 4) is 11.6 Å². The van der Waals surface area contributed by atoms with E-state index in [2.05, 4.69) is 15.3 Å². The van der Waals surface area contributed by atoms with Crippen LogP contribution in [0.15, 0.2) is 36.7 Å². The van der Waals surface area contributed by atoms with Crippen LogP contribution in [0.5, 0.6) is 11.6 Å². The Morgan fingerprint density at radius 3 is 2.57 bits per heavy atom. The van der Waals surface area contributed by atoms with Crippen LogP contribution in [0.3, 0.4) is 0 Å². The van der Waals surface area contributed by atoms with Gasteiger partial charge in [0.05, 0.1) is 19.3 Å². The lowest BCUT2D eigenvalue weighted by Gasteiger charge is -2.19. The van der Waals surface area contributed by atoms with E-state index in [-0.39, 0.29) is 12.1 Å². The number of ether oxygens (including phenoxy) is 2. The first-order chi connectivity index (χ1) is 10.2. The molecule has 1 N–H and O–H groups in total. The molecular formula is C16H21N3O2. The molecule has 1 aromatic carbocycles. The van der Waals surface area contributed by atoms with Crippen molar-refractivity contribution in [2.75, 3.05) is 14.2 Å². The van der Waals surface area contributed by atoms with Crippen LogP contribution in [0.4, 0.5) is 0 Å². The molecule has 0 radical (unpaired) electrons. The molecule has 0 saturated carbocycles. The van der Waals surface area contributed by atoms with E-state index in [4.69, 9.17) is 9.47 Å². The SMILES string of the molecule is CNC(c1cccc(OC(C)C)c1)c1nccnc1OC. The molecule has 112 valence electrons. The van der Waals surface area contributed by atoms with Gasteiger partial charge in [-0.25, -0.2) is 4.98 Å². The van der Waals surface area contributed by atoms with Crippen molar-refractivity contribution in [2.24, 2.45) is 0 Å². The van der Waals surface area contributed by atoms with Gasteiger partial charge in [-0.1, -0.05) is 12.1 Å². The first-order valence-electron chi connectivity index (χ1n) is 6.94. The Morgan fingerprint density at radius 1 is 1.14 bits per heavy atom. The molecule has 1 unspecified atom stereocenters. The summed E-state index contributed by atoms with van der Waals surface area (Å²) in [5, 5.41) is 3.25. The molecule has 0 aliphatic rings. The van der Waals surface area contributed by atoms with Crippen molar-refractivity contribution >= 4 is 0 Å². The first kappa shape index (κ1) is 15.3. The van der Waals surface area contributed by atoms with Gasteiger partial charge < -0.3 is 14.8 Å². The van der Waals surface area contributed by atoms with Crippen LogP contribution in [0.25, 0.3) is 0 Å². The third kappa shape index (κ3) is 3.70. The molecule has 0 bridgehead atoms. The van der Waals surface area contributed by atoms with Crippen molar-refractivity contribution in [3.05, 3.63) is 47.9 Å². The Kier molecular flexibility index (Phi) is 5.11. The van der Waals surface area contributed by atoms with E-state index in [1.54, 1.807) is 19.5 Å². The van der Waals surface area contributed by atoms with Gasteiger partial charge in [-0.05, 0) is 38.6 Å². The fraction of sp³-hybridized carbons (Fsp3) is 0.375. The molecule has 0 spiro atoms. The molecule has 0 aliphatic heterocycles. The minimum atomic E-state index is -0.107. The summed E-state index contributed by atoms with van der Waals surface area (Å²) < 4.78 is 11.0. The molecule has 0 amide bonds. The highest BCUT2D eigenvalue weighted by Crippen LogP contribution is 2.28. The zero-order chi connectivity index (χ0) is 15.2. The van der Waals surface area contributed by atoms with Crippen molar-refractivity contribution in [3.63, 3.8) is 0 Å². The van der Waals surface area contributed by atoms with Gasteiger partial charge in [0.15, 0.2) is 0 Å². The molecule has 0 fully saturated rings. The molecule has 0 saturated heterocycles. The summed E-state index contributed by atoms with van der Waals surface area (Å²) in [5.41, 5.74) is 1.80. The van der Waals surface area contributed by atoms with Gasteiger partial charge in [0.1, 0.15) is 11.4 Å². The number of benzene rings is 1. The van der Waals surface area contributed by atoms with Crippen LogP contribution < -0.4 is 14.8 Å². The number of hydrogen-bond acceptors (Lipinski definition) is 5. The predicted octanol–water partition coefficient (Wildman–Crippen LogP) is 2.58. The standard InChI is InChI=1S/C16H21N3O2/c1-11(2)21-13-7-5-6-12(10-13)14(17-3)15-16(20-4)19-9-8-18-15/h5-11,14,17H,1-4H3. The maximum absolute atomic E-state index is 5.75. The van der Waals surface area contributed by atoms with Gasteiger partial charge in [-0.2, -0.15) is 0 Å². The van der Waals surface area contributed by atoms with E-state index >= 15 is 0 Å². The van der Waals surface area contributed by atoms with Crippen molar-refractivity contribution in [1.82, 2.24) is 15.3 Å². The summed E-state index contributed by atoms with van der Waals surface area (Å²) in [6, 6.07) is 7.85. The quantitative estimate of drug-likeness (QED) is 0.885. The first-order valence-corrected chi connectivity index (χ1v) is 6.94. The molecule has 1 heterocycles. The summed E-state index contributed by atoms with van der Waals surface area (Å²) >= 11 is 0. The van der Waals surface area contributed by atoms with E-state index < -0.39 is 0 Å². The number of nitrogens with zero attached hydrogens (tertiary/aromatic N) is 2. The second kappa shape index (κ2) is 7.04. The average Bonchev–Trinajstić information content (AvgIpc) is 2.48. The topological polar surface area (TPSA) is 56.3 Å². The summed E-state index contributed by atoms with van der Waals surface area (Å²) in [6.07, 6.45) is 3.42. The maximum Gasteiger partial charge on any atom is 0.237 e. The summed E-state index contributed by atoms with van der Waals surface area (Å²) in [6.45, 7) is 4.02. The molecule has 1 aromatic heterocycles. The fourth-order valence-electron chi connectivity index (χ4n) is 2.19. The van der Waals surface area contributed by atoms with Gasteiger partial charge in [0, 0.05) is 12.4 Å². The molecular weight excluding hydrogens is 266 g/mol. The Bertz CT molecular complexity index is 587. The smallest absolute Gasteiger partial charge is 0.237 e. The highest BCUT2D eigenvalue weighted by molar-refractivity contribution is 5.37. The Balaban J connectivity index is 2.37. The Labute approximate surface area is 125 Å². The number of rotatable bonds is 6. The van der Waals surface area contributed by atoms with Gasteiger partial charge in [-0.3, -0.25) is 4.98 Å². The molecule has 0 aliphatic carbocycles. The zero-order valence-corrected chi connectivity index (χ0v) is 12.8. The highest BCUT2D eigenvalue weighted by Gasteiger charge is 2.19. The average molecular weight is 287 g/mol. The minimum Gasteiger partial charge on any atom is -0.491 e. The Morgan fingerprint density at radius 2 is 1.90 bits per heavy atom. The van der Waals surface area contributed by atoms with E-state index in [9.17, 15) is 0 Å². The van der Waals surface area contributed by atoms with Gasteiger partial charge in [-0.15, -0.1) is 0 Å². The number of aromatic nitrogens is 2. The van der Waals surface area contributed by atoms with E-state index in [1.807, 2.05) is 45.2 Å². The van der Waals surface area contributed by atoms with Crippen molar-refractivity contribution < 1.29 is 9.47 Å². The van der Waals surface area contributed by atoms with Crippen LogP contribution in [0.1, 0.15) is 31.1 Å². The summed E-state index contributed by atoms with van der Waals surface area (Å²) in [7, 11) is 3.48. The fourth-order valence-corrected chi connectivity index (χ4v) is 2.19. The second-order valence-corrected chi connectivity index (χ2v) is 4.91. The Hall–Kier alpha value is -2.14. The van der Waals surface area contributed by atoms with E-state index in [0.29, 0.717) is 5.88 Å². The third-order valence-corrected chi connectivity index (χ3v) is 3.01. The maximum atomic E-state index is 5.75. The summed E-state index contributed by atoms with van der Waals surface area (Å²) in [5.74, 6) is 1.36. The van der Waals surface area contributed by atoms with Gasteiger partial charge >= 0.3 is 0 Å². The summed E-state index contributed by atoms with van der Waals surface area (Å²) in [4.78, 5) is 8.60. The number of nitrogens with one attached hydrogen (secondary N) is 1. The van der Waals surface area contributed by atoms with Crippen LogP contribution in [-0.4, -0.2) is 30.2 Å². The van der Waals surface area contributed by atoms with Gasteiger partial charge in [0.2, 0.25) is 5.88 Å². The van der Waals surface area contributed by atoms with Crippen LogP contribution in [-0.2, 0) is 0 Å².